The number of carbonyl (C=O) groups is 1. The van der Waals surface area contributed by atoms with Crippen LogP contribution in [0.4, 0.5) is 0 Å². The molecule has 3 heteroatoms. The second-order valence-electron chi connectivity index (χ2n) is 4.71. The van der Waals surface area contributed by atoms with Gasteiger partial charge >= 0.3 is 5.97 Å². The van der Waals surface area contributed by atoms with E-state index in [9.17, 15) is 4.79 Å². The van der Waals surface area contributed by atoms with Crippen molar-refractivity contribution >= 4 is 16.2 Å². The van der Waals surface area contributed by atoms with Crippen LogP contribution in [0.5, 0.6) is 0 Å². The molecular weight excluding hydrogens is 192 g/mol. The lowest BCUT2D eigenvalue weighted by Gasteiger charge is -2.18. The molecule has 0 aromatic carbocycles. The van der Waals surface area contributed by atoms with Gasteiger partial charge in [-0.1, -0.05) is 52.4 Å². The highest BCUT2D eigenvalue weighted by molar-refractivity contribution is 6.26. The fourth-order valence-electron chi connectivity index (χ4n) is 1.45. The van der Waals surface area contributed by atoms with Crippen LogP contribution in [-0.2, 0) is 4.79 Å². The highest BCUT2D eigenvalue weighted by Gasteiger charge is 2.25. The summed E-state index contributed by atoms with van der Waals surface area (Å²) in [5.74, 6) is -0.613. The van der Waals surface area contributed by atoms with E-state index in [1.807, 2.05) is 6.92 Å². The van der Waals surface area contributed by atoms with Crippen LogP contribution in [-0.4, -0.2) is 21.3 Å². The molecule has 84 valence electrons. The van der Waals surface area contributed by atoms with Gasteiger partial charge in [-0.2, -0.15) is 0 Å². The van der Waals surface area contributed by atoms with E-state index < -0.39 is 11.0 Å². The molecule has 0 aromatic heterocycles. The fraction of sp³-hybridized carbons (Fsp3) is 0.909. The van der Waals surface area contributed by atoms with Gasteiger partial charge in [0.05, 0.1) is 0 Å². The Hall–Kier alpha value is -0.313. The van der Waals surface area contributed by atoms with Crippen LogP contribution in [0.1, 0.15) is 58.8 Å². The summed E-state index contributed by atoms with van der Waals surface area (Å²) in [6.45, 7) is 4.08. The van der Waals surface area contributed by atoms with E-state index in [0.717, 1.165) is 23.1 Å². The lowest BCUT2D eigenvalue weighted by atomic mass is 10.0. The third kappa shape index (κ3) is 6.19. The van der Waals surface area contributed by atoms with Crippen molar-refractivity contribution in [2.24, 2.45) is 0 Å². The summed E-state index contributed by atoms with van der Waals surface area (Å²) in [6, 6.07) is 0. The summed E-state index contributed by atoms with van der Waals surface area (Å²) in [7, 11) is 0.753. The molecule has 1 N–H and O–H groups in total. The van der Waals surface area contributed by atoms with Crippen LogP contribution >= 0.6 is 0 Å². The van der Waals surface area contributed by atoms with Gasteiger partial charge in [-0.15, -0.1) is 0 Å². The Balaban J connectivity index is 3.40. The van der Waals surface area contributed by atoms with E-state index in [2.05, 4.69) is 6.92 Å². The first-order valence-electron chi connectivity index (χ1n) is 5.74. The van der Waals surface area contributed by atoms with E-state index in [4.69, 9.17) is 5.11 Å². The van der Waals surface area contributed by atoms with Gasteiger partial charge in [0, 0.05) is 15.3 Å². The fourth-order valence-corrected chi connectivity index (χ4v) is 1.81. The second-order valence-corrected chi connectivity index (χ2v) is 6.91. The lowest BCUT2D eigenvalue weighted by Crippen LogP contribution is -2.19. The molecule has 0 amide bonds. The summed E-state index contributed by atoms with van der Waals surface area (Å²) in [5.41, 5.74) is 0. The molecule has 0 saturated heterocycles. The molecule has 0 radical (unpaired) electrons. The Bertz CT molecular complexity index is 167. The van der Waals surface area contributed by atoms with E-state index >= 15 is 0 Å². The SMILES string of the molecule is CCCCCCCCC(C)([SiH3])C(=O)O. The van der Waals surface area contributed by atoms with Crippen molar-refractivity contribution in [3.63, 3.8) is 0 Å². The third-order valence-electron chi connectivity index (χ3n) is 2.73. The molecule has 0 rings (SSSR count). The Morgan fingerprint density at radius 1 is 1.21 bits per heavy atom. The van der Waals surface area contributed by atoms with Gasteiger partial charge in [0.2, 0.25) is 0 Å². The summed E-state index contributed by atoms with van der Waals surface area (Å²) in [5, 5.41) is 8.52. The summed E-state index contributed by atoms with van der Waals surface area (Å²) >= 11 is 0. The molecule has 1 unspecified atom stereocenters. The van der Waals surface area contributed by atoms with Crippen molar-refractivity contribution in [2.45, 2.75) is 63.8 Å². The van der Waals surface area contributed by atoms with Gasteiger partial charge in [-0.05, 0) is 6.42 Å². The van der Waals surface area contributed by atoms with Crippen molar-refractivity contribution in [3.05, 3.63) is 0 Å². The molecule has 0 aliphatic heterocycles. The first kappa shape index (κ1) is 13.7. The van der Waals surface area contributed by atoms with Crippen LogP contribution in [0, 0.1) is 0 Å². The minimum atomic E-state index is -0.613. The van der Waals surface area contributed by atoms with Crippen LogP contribution in [0.15, 0.2) is 0 Å². The minimum Gasteiger partial charge on any atom is -0.481 e. The maximum atomic E-state index is 10.8. The maximum absolute atomic E-state index is 10.8. The smallest absolute Gasteiger partial charge is 0.305 e. The number of unbranched alkanes of at least 4 members (excludes halogenated alkanes) is 5. The van der Waals surface area contributed by atoms with Crippen molar-refractivity contribution in [2.75, 3.05) is 0 Å². The molecule has 0 spiro atoms. The standard InChI is InChI=1S/C11H24O2Si/c1-3-4-5-6-7-8-9-11(2,14)10(12)13/h3-9H2,1-2,14H3,(H,12,13). The summed E-state index contributed by atoms with van der Waals surface area (Å²) in [6.07, 6.45) is 8.30. The van der Waals surface area contributed by atoms with Crippen molar-refractivity contribution in [3.8, 4) is 0 Å². The summed E-state index contributed by atoms with van der Waals surface area (Å²) < 4.78 is 0. The Morgan fingerprint density at radius 2 is 1.71 bits per heavy atom. The monoisotopic (exact) mass is 216 g/mol. The number of carboxylic acid groups (broad SMARTS) is 1. The molecule has 14 heavy (non-hydrogen) atoms. The average molecular weight is 216 g/mol. The first-order chi connectivity index (χ1) is 6.50. The summed E-state index contributed by atoms with van der Waals surface area (Å²) in [4.78, 5) is 10.8. The molecule has 0 heterocycles. The quantitative estimate of drug-likeness (QED) is 0.499. The Labute approximate surface area is 90.5 Å². The van der Waals surface area contributed by atoms with Gasteiger partial charge in [-0.25, -0.2) is 0 Å². The van der Waals surface area contributed by atoms with Crippen molar-refractivity contribution < 1.29 is 9.90 Å². The highest BCUT2D eigenvalue weighted by Crippen LogP contribution is 2.28. The molecule has 0 fully saturated rings. The van der Waals surface area contributed by atoms with Crippen LogP contribution < -0.4 is 0 Å². The molecule has 0 aliphatic rings. The largest absolute Gasteiger partial charge is 0.481 e. The van der Waals surface area contributed by atoms with E-state index in [0.29, 0.717) is 0 Å². The van der Waals surface area contributed by atoms with E-state index in [1.54, 1.807) is 0 Å². The zero-order chi connectivity index (χ0) is 11.0. The molecule has 0 aromatic rings. The van der Waals surface area contributed by atoms with Gasteiger partial charge in [0.25, 0.3) is 0 Å². The van der Waals surface area contributed by atoms with Crippen LogP contribution in [0.3, 0.4) is 0 Å². The number of carboxylic acids is 1. The number of aliphatic carboxylic acids is 1. The average Bonchev–Trinajstić information content (AvgIpc) is 2.10. The molecule has 0 bridgehead atoms. The van der Waals surface area contributed by atoms with Gasteiger partial charge in [0.15, 0.2) is 0 Å². The predicted molar refractivity (Wildman–Crippen MR) is 63.9 cm³/mol. The van der Waals surface area contributed by atoms with Crippen LogP contribution in [0.25, 0.3) is 0 Å². The molecular formula is C11H24O2Si. The first-order valence-corrected chi connectivity index (χ1v) is 6.74. The van der Waals surface area contributed by atoms with E-state index in [1.165, 1.54) is 32.1 Å². The lowest BCUT2D eigenvalue weighted by molar-refractivity contribution is -0.140. The molecule has 1 atom stereocenters. The van der Waals surface area contributed by atoms with Crippen molar-refractivity contribution in [1.29, 1.82) is 0 Å². The van der Waals surface area contributed by atoms with Gasteiger partial charge < -0.3 is 5.11 Å². The zero-order valence-corrected chi connectivity index (χ0v) is 11.8. The highest BCUT2D eigenvalue weighted by atomic mass is 28.1. The molecule has 2 nitrogen and oxygen atoms in total. The Morgan fingerprint density at radius 3 is 2.21 bits per heavy atom. The third-order valence-corrected chi connectivity index (χ3v) is 3.66. The van der Waals surface area contributed by atoms with Gasteiger partial charge in [-0.3, -0.25) is 4.79 Å². The zero-order valence-electron chi connectivity index (χ0n) is 9.81. The predicted octanol–water partition coefficient (Wildman–Crippen LogP) is 2.37. The second kappa shape index (κ2) is 7.04. The Kier molecular flexibility index (Phi) is 6.88. The maximum Gasteiger partial charge on any atom is 0.305 e. The van der Waals surface area contributed by atoms with Crippen molar-refractivity contribution in [1.82, 2.24) is 0 Å². The molecule has 0 aliphatic carbocycles. The number of hydrogen-bond donors (Lipinski definition) is 1. The number of hydrogen-bond acceptors (Lipinski definition) is 1. The topological polar surface area (TPSA) is 37.3 Å². The molecule has 0 saturated carbocycles. The van der Waals surface area contributed by atoms with Gasteiger partial charge in [0.1, 0.15) is 0 Å². The number of rotatable bonds is 8. The van der Waals surface area contributed by atoms with Crippen LogP contribution in [0.2, 0.25) is 5.04 Å². The normalized spacial score (nSPS) is 15.3. The van der Waals surface area contributed by atoms with E-state index in [-0.39, 0.29) is 0 Å². The minimum absolute atomic E-state index is 0.398.